The summed E-state index contributed by atoms with van der Waals surface area (Å²) in [7, 11) is -0.620. The molecule has 0 aromatic heterocycles. The largest absolute Gasteiger partial charge is 0.496 e. The SMILES string of the molecule is COc1ccc(OC)c2c1C[C@H](COS(=O)(=O)c1ccc(C)cc1)O[C@H]2C. The lowest BCUT2D eigenvalue weighted by Gasteiger charge is -2.32. The summed E-state index contributed by atoms with van der Waals surface area (Å²) >= 11 is 0. The molecule has 2 aromatic carbocycles. The van der Waals surface area contributed by atoms with E-state index in [0.717, 1.165) is 28.2 Å². The summed E-state index contributed by atoms with van der Waals surface area (Å²) in [6, 6.07) is 10.2. The van der Waals surface area contributed by atoms with E-state index in [1.54, 1.807) is 26.4 Å². The lowest BCUT2D eigenvalue weighted by molar-refractivity contribution is -0.0379. The minimum absolute atomic E-state index is 0.0691. The molecule has 1 aliphatic rings. The quantitative estimate of drug-likeness (QED) is 0.702. The van der Waals surface area contributed by atoms with Gasteiger partial charge < -0.3 is 14.2 Å². The van der Waals surface area contributed by atoms with Crippen molar-refractivity contribution in [3.05, 3.63) is 53.1 Å². The number of benzene rings is 2. The minimum atomic E-state index is -3.84. The second-order valence-electron chi connectivity index (χ2n) is 6.52. The number of hydrogen-bond acceptors (Lipinski definition) is 6. The first-order chi connectivity index (χ1) is 12.9. The Morgan fingerprint density at radius 2 is 1.67 bits per heavy atom. The molecule has 7 heteroatoms. The molecule has 27 heavy (non-hydrogen) atoms. The molecule has 0 radical (unpaired) electrons. The predicted octanol–water partition coefficient (Wildman–Crippen LogP) is 3.42. The van der Waals surface area contributed by atoms with Crippen molar-refractivity contribution in [2.45, 2.75) is 37.4 Å². The van der Waals surface area contributed by atoms with Crippen LogP contribution in [0.1, 0.15) is 29.7 Å². The van der Waals surface area contributed by atoms with Gasteiger partial charge in [0.2, 0.25) is 0 Å². The fraction of sp³-hybridized carbons (Fsp3) is 0.400. The molecule has 1 heterocycles. The van der Waals surface area contributed by atoms with E-state index in [1.165, 1.54) is 12.1 Å². The zero-order chi connectivity index (χ0) is 19.6. The van der Waals surface area contributed by atoms with E-state index in [2.05, 4.69) is 0 Å². The first-order valence-electron chi connectivity index (χ1n) is 8.71. The van der Waals surface area contributed by atoms with Gasteiger partial charge in [0.25, 0.3) is 10.1 Å². The number of methoxy groups -OCH3 is 2. The average Bonchev–Trinajstić information content (AvgIpc) is 2.66. The van der Waals surface area contributed by atoms with Crippen LogP contribution in [0.2, 0.25) is 0 Å². The van der Waals surface area contributed by atoms with E-state index < -0.39 is 16.2 Å². The van der Waals surface area contributed by atoms with Crippen LogP contribution in [-0.4, -0.2) is 35.3 Å². The monoisotopic (exact) mass is 392 g/mol. The molecule has 2 atom stereocenters. The maximum atomic E-state index is 12.4. The Morgan fingerprint density at radius 3 is 2.30 bits per heavy atom. The van der Waals surface area contributed by atoms with Gasteiger partial charge in [-0.05, 0) is 38.1 Å². The van der Waals surface area contributed by atoms with E-state index >= 15 is 0 Å². The van der Waals surface area contributed by atoms with Crippen molar-refractivity contribution in [2.24, 2.45) is 0 Å². The van der Waals surface area contributed by atoms with Gasteiger partial charge >= 0.3 is 0 Å². The molecule has 0 N–H and O–H groups in total. The molecule has 2 aromatic rings. The highest BCUT2D eigenvalue weighted by molar-refractivity contribution is 7.86. The molecule has 0 aliphatic carbocycles. The van der Waals surface area contributed by atoms with Crippen LogP contribution in [0.15, 0.2) is 41.3 Å². The summed E-state index contributed by atoms with van der Waals surface area (Å²) in [4.78, 5) is 0.136. The Balaban J connectivity index is 1.78. The molecule has 0 spiro atoms. The fourth-order valence-electron chi connectivity index (χ4n) is 3.32. The molecular formula is C20H24O6S. The molecule has 0 amide bonds. The van der Waals surface area contributed by atoms with Crippen molar-refractivity contribution in [3.8, 4) is 11.5 Å². The Bertz CT molecular complexity index is 905. The Morgan fingerprint density at radius 1 is 1.04 bits per heavy atom. The van der Waals surface area contributed by atoms with Gasteiger partial charge in [-0.2, -0.15) is 8.42 Å². The van der Waals surface area contributed by atoms with Crippen molar-refractivity contribution in [3.63, 3.8) is 0 Å². The first-order valence-corrected chi connectivity index (χ1v) is 10.1. The van der Waals surface area contributed by atoms with Gasteiger partial charge in [-0.3, -0.25) is 4.18 Å². The van der Waals surface area contributed by atoms with Crippen molar-refractivity contribution in [2.75, 3.05) is 20.8 Å². The van der Waals surface area contributed by atoms with E-state index in [0.29, 0.717) is 6.42 Å². The summed E-state index contributed by atoms with van der Waals surface area (Å²) in [6.07, 6.45) is -0.202. The number of rotatable bonds is 6. The van der Waals surface area contributed by atoms with Crippen molar-refractivity contribution >= 4 is 10.1 Å². The van der Waals surface area contributed by atoms with E-state index in [-0.39, 0.29) is 17.6 Å². The summed E-state index contributed by atoms with van der Waals surface area (Å²) in [5.41, 5.74) is 2.86. The maximum Gasteiger partial charge on any atom is 0.297 e. The van der Waals surface area contributed by atoms with Gasteiger partial charge in [0, 0.05) is 17.5 Å². The average molecular weight is 392 g/mol. The number of hydrogen-bond donors (Lipinski definition) is 0. The molecule has 3 rings (SSSR count). The van der Waals surface area contributed by atoms with Crippen LogP contribution >= 0.6 is 0 Å². The third-order valence-corrected chi connectivity index (χ3v) is 5.96. The van der Waals surface area contributed by atoms with Gasteiger partial charge in [0.1, 0.15) is 11.5 Å². The van der Waals surface area contributed by atoms with Gasteiger partial charge in [-0.15, -0.1) is 0 Å². The summed E-state index contributed by atoms with van der Waals surface area (Å²) in [5.74, 6) is 1.46. The van der Waals surface area contributed by atoms with E-state index in [4.69, 9.17) is 18.4 Å². The van der Waals surface area contributed by atoms with E-state index in [1.807, 2.05) is 26.0 Å². The van der Waals surface area contributed by atoms with Crippen LogP contribution in [0.25, 0.3) is 0 Å². The highest BCUT2D eigenvalue weighted by atomic mass is 32.2. The Labute approximate surface area is 160 Å². The normalized spacial score (nSPS) is 19.4. The van der Waals surface area contributed by atoms with Gasteiger partial charge in [-0.25, -0.2) is 0 Å². The predicted molar refractivity (Wildman–Crippen MR) is 101 cm³/mol. The first kappa shape index (κ1) is 19.7. The van der Waals surface area contributed by atoms with Crippen molar-refractivity contribution < 1.29 is 26.8 Å². The van der Waals surface area contributed by atoms with Crippen LogP contribution in [0.4, 0.5) is 0 Å². The number of ether oxygens (including phenoxy) is 3. The minimum Gasteiger partial charge on any atom is -0.496 e. The Kier molecular flexibility index (Phi) is 5.74. The van der Waals surface area contributed by atoms with Crippen LogP contribution < -0.4 is 9.47 Å². The molecule has 0 bridgehead atoms. The second kappa shape index (κ2) is 7.88. The highest BCUT2D eigenvalue weighted by Crippen LogP contribution is 2.41. The molecular weight excluding hydrogens is 368 g/mol. The van der Waals surface area contributed by atoms with Crippen molar-refractivity contribution in [1.82, 2.24) is 0 Å². The second-order valence-corrected chi connectivity index (χ2v) is 8.13. The van der Waals surface area contributed by atoms with E-state index in [9.17, 15) is 8.42 Å². The van der Waals surface area contributed by atoms with Gasteiger partial charge in [0.05, 0.1) is 37.9 Å². The third kappa shape index (κ3) is 4.10. The molecule has 0 saturated heterocycles. The molecule has 146 valence electrons. The lowest BCUT2D eigenvalue weighted by atomic mass is 9.93. The standard InChI is InChI=1S/C20H24O6S/c1-13-5-7-16(8-6-13)27(21,22)25-12-15-11-17-18(23-3)9-10-19(24-4)20(17)14(2)26-15/h5-10,14-15H,11-12H2,1-4H3/t14-,15+/m0/s1. The molecule has 6 nitrogen and oxygen atoms in total. The maximum absolute atomic E-state index is 12.4. The topological polar surface area (TPSA) is 71.1 Å². The van der Waals surface area contributed by atoms with Crippen LogP contribution in [-0.2, 0) is 25.5 Å². The summed E-state index contributed by atoms with van der Waals surface area (Å²) in [6.45, 7) is 3.73. The molecule has 0 saturated carbocycles. The summed E-state index contributed by atoms with van der Waals surface area (Å²) < 4.78 is 47.0. The molecule has 1 aliphatic heterocycles. The number of fused-ring (bicyclic) bond motifs is 1. The van der Waals surface area contributed by atoms with Gasteiger partial charge in [0.15, 0.2) is 0 Å². The van der Waals surface area contributed by atoms with Crippen molar-refractivity contribution in [1.29, 1.82) is 0 Å². The zero-order valence-corrected chi connectivity index (χ0v) is 16.7. The number of aryl methyl sites for hydroxylation is 1. The Hall–Kier alpha value is -2.09. The van der Waals surface area contributed by atoms with Crippen LogP contribution in [0, 0.1) is 6.92 Å². The molecule has 0 fully saturated rings. The van der Waals surface area contributed by atoms with Gasteiger partial charge in [-0.1, -0.05) is 17.7 Å². The van der Waals surface area contributed by atoms with Crippen LogP contribution in [0.3, 0.4) is 0 Å². The fourth-order valence-corrected chi connectivity index (χ4v) is 4.25. The molecule has 0 unspecified atom stereocenters. The highest BCUT2D eigenvalue weighted by Gasteiger charge is 2.31. The smallest absolute Gasteiger partial charge is 0.297 e. The summed E-state index contributed by atoms with van der Waals surface area (Å²) in [5, 5.41) is 0. The third-order valence-electron chi connectivity index (χ3n) is 4.67. The van der Waals surface area contributed by atoms with Crippen LogP contribution in [0.5, 0.6) is 11.5 Å². The zero-order valence-electron chi connectivity index (χ0n) is 15.9. The lowest BCUT2D eigenvalue weighted by Crippen LogP contribution is -2.31.